The Kier molecular flexibility index (Phi) is 3.86. The minimum atomic E-state index is -0.285. The lowest BCUT2D eigenvalue weighted by Crippen LogP contribution is -2.31. The maximum Gasteiger partial charge on any atom is 0.212 e. The Labute approximate surface area is 160 Å². The second-order valence-electron chi connectivity index (χ2n) is 6.43. The normalized spacial score (nSPS) is 18.4. The molecule has 0 fully saturated rings. The van der Waals surface area contributed by atoms with E-state index in [-0.39, 0.29) is 6.17 Å². The van der Waals surface area contributed by atoms with Crippen LogP contribution in [0.25, 0.3) is 11.0 Å². The van der Waals surface area contributed by atoms with Gasteiger partial charge in [0.2, 0.25) is 5.95 Å². The number of aromatic nitrogens is 2. The molecule has 2 aromatic carbocycles. The molecule has 2 aliphatic heterocycles. The number of aliphatic imine (C=N–C) groups is 1. The Morgan fingerprint density at radius 2 is 1.89 bits per heavy atom. The van der Waals surface area contributed by atoms with Crippen LogP contribution in [-0.2, 0) is 0 Å². The summed E-state index contributed by atoms with van der Waals surface area (Å²) in [5, 5.41) is 3.07. The Morgan fingerprint density at radius 3 is 2.63 bits per heavy atom. The molecule has 138 valence electrons. The van der Waals surface area contributed by atoms with E-state index in [1.165, 1.54) is 4.90 Å². The highest BCUT2D eigenvalue weighted by molar-refractivity contribution is 7.98. The van der Waals surface area contributed by atoms with E-state index in [1.54, 1.807) is 11.8 Å². The third-order valence-corrected chi connectivity index (χ3v) is 5.46. The van der Waals surface area contributed by atoms with Gasteiger partial charge in [-0.1, -0.05) is 12.1 Å². The third-order valence-electron chi connectivity index (χ3n) is 4.72. The molecule has 0 unspecified atom stereocenters. The molecule has 8 heteroatoms. The lowest BCUT2D eigenvalue weighted by Gasteiger charge is -2.24. The molecule has 0 amide bonds. The maximum atomic E-state index is 6.03. The largest absolute Gasteiger partial charge is 0.489 e. The fourth-order valence-electron chi connectivity index (χ4n) is 3.42. The van der Waals surface area contributed by atoms with Crippen LogP contribution in [-0.4, -0.2) is 35.0 Å². The summed E-state index contributed by atoms with van der Waals surface area (Å²) in [6.45, 7) is 1.28. The van der Waals surface area contributed by atoms with Crippen molar-refractivity contribution < 1.29 is 9.47 Å². The highest BCUT2D eigenvalue weighted by Gasteiger charge is 2.26. The molecule has 0 aliphatic carbocycles. The number of anilines is 1. The van der Waals surface area contributed by atoms with Crippen molar-refractivity contribution >= 4 is 34.7 Å². The number of nitrogens with one attached hydrogen (secondary N) is 1. The number of nitrogens with two attached hydrogens (primary N) is 1. The first kappa shape index (κ1) is 16.3. The van der Waals surface area contributed by atoms with Gasteiger partial charge in [0.1, 0.15) is 0 Å². The lowest BCUT2D eigenvalue weighted by atomic mass is 10.1. The average molecular weight is 381 g/mol. The van der Waals surface area contributed by atoms with Gasteiger partial charge in [0.05, 0.1) is 24.2 Å². The number of guanidine groups is 1. The lowest BCUT2D eigenvalue weighted by molar-refractivity contribution is 0.297. The van der Waals surface area contributed by atoms with Gasteiger partial charge in [0, 0.05) is 23.4 Å². The van der Waals surface area contributed by atoms with Gasteiger partial charge in [-0.05, 0) is 24.0 Å². The summed E-state index contributed by atoms with van der Waals surface area (Å²) in [6, 6.07) is 12.3. The van der Waals surface area contributed by atoms with Crippen LogP contribution in [0.1, 0.15) is 18.2 Å². The number of rotatable bonds is 2. The molecule has 7 nitrogen and oxygen atoms in total. The zero-order valence-electron chi connectivity index (χ0n) is 14.8. The van der Waals surface area contributed by atoms with Crippen molar-refractivity contribution in [3.63, 3.8) is 0 Å². The molecule has 0 radical (unpaired) electrons. The number of thioether (sulfide) groups is 1. The topological polar surface area (TPSA) is 86.7 Å². The van der Waals surface area contributed by atoms with Crippen LogP contribution < -0.4 is 20.5 Å². The minimum Gasteiger partial charge on any atom is -0.489 e. The second kappa shape index (κ2) is 6.38. The number of ether oxygens (including phenoxy) is 2. The summed E-state index contributed by atoms with van der Waals surface area (Å²) >= 11 is 1.71. The predicted octanol–water partition coefficient (Wildman–Crippen LogP) is 3.21. The predicted molar refractivity (Wildman–Crippen MR) is 107 cm³/mol. The van der Waals surface area contributed by atoms with E-state index in [1.807, 2.05) is 16.7 Å². The van der Waals surface area contributed by atoms with Crippen LogP contribution in [0.4, 0.5) is 5.95 Å². The summed E-state index contributed by atoms with van der Waals surface area (Å²) in [5.74, 6) is 2.48. The highest BCUT2D eigenvalue weighted by Crippen LogP contribution is 2.39. The molecule has 1 aromatic heterocycles. The molecular formula is C19H19N5O2S. The molecule has 3 aromatic rings. The molecule has 27 heavy (non-hydrogen) atoms. The van der Waals surface area contributed by atoms with Crippen molar-refractivity contribution in [2.24, 2.45) is 10.7 Å². The molecule has 1 atom stereocenters. The van der Waals surface area contributed by atoms with Crippen LogP contribution >= 0.6 is 11.8 Å². The van der Waals surface area contributed by atoms with E-state index in [0.29, 0.717) is 25.1 Å². The SMILES string of the molecule is CSc1ccc([C@H]2N=C(N)Nc3nc4cc5c(cc4n32)OCCCO5)cc1. The van der Waals surface area contributed by atoms with E-state index in [4.69, 9.17) is 20.2 Å². The van der Waals surface area contributed by atoms with E-state index in [9.17, 15) is 0 Å². The second-order valence-corrected chi connectivity index (χ2v) is 7.31. The molecular weight excluding hydrogens is 362 g/mol. The van der Waals surface area contributed by atoms with Crippen molar-refractivity contribution in [2.45, 2.75) is 17.5 Å². The van der Waals surface area contributed by atoms with Gasteiger partial charge in [-0.15, -0.1) is 11.8 Å². The van der Waals surface area contributed by atoms with Crippen LogP contribution in [0.15, 0.2) is 46.3 Å². The highest BCUT2D eigenvalue weighted by atomic mass is 32.2. The van der Waals surface area contributed by atoms with Gasteiger partial charge in [-0.25, -0.2) is 9.98 Å². The van der Waals surface area contributed by atoms with Gasteiger partial charge < -0.3 is 15.2 Å². The van der Waals surface area contributed by atoms with Crippen molar-refractivity contribution in [3.8, 4) is 11.5 Å². The fraction of sp³-hybridized carbons (Fsp3) is 0.263. The molecule has 2 aliphatic rings. The molecule has 0 spiro atoms. The van der Waals surface area contributed by atoms with E-state index in [2.05, 4.69) is 40.8 Å². The molecule has 3 N–H and O–H groups in total. The smallest absolute Gasteiger partial charge is 0.212 e. The van der Waals surface area contributed by atoms with Crippen molar-refractivity contribution in [2.75, 3.05) is 24.8 Å². The number of nitrogens with zero attached hydrogens (tertiary/aromatic N) is 3. The van der Waals surface area contributed by atoms with Gasteiger partial charge in [-0.2, -0.15) is 0 Å². The van der Waals surface area contributed by atoms with Crippen molar-refractivity contribution in [3.05, 3.63) is 42.0 Å². The average Bonchev–Trinajstić information content (AvgIpc) is 2.87. The fourth-order valence-corrected chi connectivity index (χ4v) is 3.83. The van der Waals surface area contributed by atoms with E-state index < -0.39 is 0 Å². The first-order valence-corrected chi connectivity index (χ1v) is 10.0. The maximum absolute atomic E-state index is 6.03. The summed E-state index contributed by atoms with van der Waals surface area (Å²) in [6.07, 6.45) is 2.64. The zero-order chi connectivity index (χ0) is 18.4. The van der Waals surface area contributed by atoms with Crippen LogP contribution in [0.3, 0.4) is 0 Å². The van der Waals surface area contributed by atoms with Crippen molar-refractivity contribution in [1.82, 2.24) is 9.55 Å². The number of hydrogen-bond acceptors (Lipinski definition) is 7. The molecule has 0 bridgehead atoms. The monoisotopic (exact) mass is 381 g/mol. The van der Waals surface area contributed by atoms with Gasteiger partial charge in [-0.3, -0.25) is 9.88 Å². The van der Waals surface area contributed by atoms with Gasteiger partial charge >= 0.3 is 0 Å². The standard InChI is InChI=1S/C19H19N5O2S/c1-27-12-5-3-11(4-6-12)17-22-18(20)23-19-21-13-9-15-16(10-14(13)24(17)19)26-8-2-7-25-15/h3-6,9-10,17H,2,7-8H2,1H3,(H3,20,21,22,23)/t17-/m0/s1. The summed E-state index contributed by atoms with van der Waals surface area (Å²) in [7, 11) is 0. The Balaban J connectivity index is 1.67. The Hall–Kier alpha value is -2.87. The van der Waals surface area contributed by atoms with Crippen LogP contribution in [0, 0.1) is 0 Å². The number of hydrogen-bond donors (Lipinski definition) is 2. The quantitative estimate of drug-likeness (QED) is 0.663. The molecule has 0 saturated heterocycles. The van der Waals surface area contributed by atoms with Crippen LogP contribution in [0.2, 0.25) is 0 Å². The van der Waals surface area contributed by atoms with Gasteiger partial charge in [0.15, 0.2) is 23.6 Å². The summed E-state index contributed by atoms with van der Waals surface area (Å²) in [5.41, 5.74) is 8.82. The van der Waals surface area contributed by atoms with E-state index in [0.717, 1.165) is 34.5 Å². The number of imidazole rings is 1. The number of benzene rings is 2. The van der Waals surface area contributed by atoms with Gasteiger partial charge in [0.25, 0.3) is 0 Å². The minimum absolute atomic E-state index is 0.285. The zero-order valence-corrected chi connectivity index (χ0v) is 15.6. The molecule has 3 heterocycles. The van der Waals surface area contributed by atoms with Crippen LogP contribution in [0.5, 0.6) is 11.5 Å². The van der Waals surface area contributed by atoms with Crippen molar-refractivity contribution in [1.29, 1.82) is 0 Å². The Bertz CT molecular complexity index is 1040. The first-order valence-electron chi connectivity index (χ1n) is 8.79. The summed E-state index contributed by atoms with van der Waals surface area (Å²) < 4.78 is 13.7. The molecule has 5 rings (SSSR count). The third kappa shape index (κ3) is 2.76. The molecule has 0 saturated carbocycles. The summed E-state index contributed by atoms with van der Waals surface area (Å²) in [4.78, 5) is 10.5. The number of fused-ring (bicyclic) bond motifs is 4. The van der Waals surface area contributed by atoms with E-state index >= 15 is 0 Å². The first-order chi connectivity index (χ1) is 13.2. The Morgan fingerprint density at radius 1 is 1.15 bits per heavy atom.